The fraction of sp³-hybridized carbons (Fsp3) is 0. The van der Waals surface area contributed by atoms with Crippen molar-refractivity contribution in [3.63, 3.8) is 0 Å². The Labute approximate surface area is 154 Å². The first-order valence-corrected chi connectivity index (χ1v) is 8.31. The Morgan fingerprint density at radius 2 is 1.68 bits per heavy atom. The second-order valence-electron chi connectivity index (χ2n) is 5.08. The van der Waals surface area contributed by atoms with Crippen LogP contribution >= 0.6 is 0 Å². The van der Waals surface area contributed by atoms with Crippen LogP contribution in [0.25, 0.3) is 10.8 Å². The standard InChI is InChI=1S/C17H13NO5S.Cu/c19-16-8-5-11-3-1-2-4-13(11)14(16)10-18-15-7-6-12(9-17(15)20)24(21,22)23;/h1-10,19-20H,(H,21,22,23);/p-1. The fourth-order valence-electron chi connectivity index (χ4n) is 2.32. The minimum absolute atomic E-state index is 0. The van der Waals surface area contributed by atoms with Crippen LogP contribution in [0, 0.1) is 0 Å². The number of nitrogens with zero attached hydrogens (tertiary/aromatic N) is 1. The van der Waals surface area contributed by atoms with Crippen LogP contribution in [0.4, 0.5) is 5.69 Å². The summed E-state index contributed by atoms with van der Waals surface area (Å²) in [4.78, 5) is 3.54. The van der Waals surface area contributed by atoms with Crippen molar-refractivity contribution in [3.05, 3.63) is 60.2 Å². The van der Waals surface area contributed by atoms with Gasteiger partial charge in [-0.15, -0.1) is 0 Å². The van der Waals surface area contributed by atoms with Crippen LogP contribution < -0.4 is 0 Å². The maximum atomic E-state index is 10.9. The minimum atomic E-state index is -4.65. The zero-order valence-corrected chi connectivity index (χ0v) is 14.3. The second-order valence-corrected chi connectivity index (χ2v) is 6.46. The van der Waals surface area contributed by atoms with Crippen LogP contribution in [-0.4, -0.2) is 29.4 Å². The van der Waals surface area contributed by atoms with Crippen LogP contribution in [0.2, 0.25) is 0 Å². The second kappa shape index (κ2) is 7.24. The summed E-state index contributed by atoms with van der Waals surface area (Å²) >= 11 is 0. The molecule has 0 unspecified atom stereocenters. The van der Waals surface area contributed by atoms with Gasteiger partial charge in [0.15, 0.2) is 0 Å². The Kier molecular flexibility index (Phi) is 5.49. The van der Waals surface area contributed by atoms with Gasteiger partial charge in [-0.1, -0.05) is 30.3 Å². The molecule has 0 aliphatic heterocycles. The molecule has 0 saturated heterocycles. The summed E-state index contributed by atoms with van der Waals surface area (Å²) in [5.74, 6) is -0.418. The maximum Gasteiger partial charge on any atom is 0.142 e. The number of phenols is 2. The Hall–Kier alpha value is -2.38. The average molecular weight is 406 g/mol. The van der Waals surface area contributed by atoms with Gasteiger partial charge in [-0.2, -0.15) is 0 Å². The quantitative estimate of drug-likeness (QED) is 0.395. The fourth-order valence-corrected chi connectivity index (χ4v) is 2.81. The van der Waals surface area contributed by atoms with E-state index in [4.69, 9.17) is 0 Å². The summed E-state index contributed by atoms with van der Waals surface area (Å²) in [5, 5.41) is 21.6. The van der Waals surface area contributed by atoms with E-state index >= 15 is 0 Å². The van der Waals surface area contributed by atoms with Crippen molar-refractivity contribution in [3.8, 4) is 11.5 Å². The first kappa shape index (κ1) is 19.0. The molecule has 0 atom stereocenters. The van der Waals surface area contributed by atoms with Crippen molar-refractivity contribution in [1.82, 2.24) is 0 Å². The maximum absolute atomic E-state index is 10.9. The van der Waals surface area contributed by atoms with Gasteiger partial charge in [0.25, 0.3) is 0 Å². The first-order chi connectivity index (χ1) is 11.4. The third-order valence-corrected chi connectivity index (χ3v) is 4.35. The van der Waals surface area contributed by atoms with Gasteiger partial charge in [-0.25, -0.2) is 8.42 Å². The van der Waals surface area contributed by atoms with E-state index in [9.17, 15) is 23.2 Å². The zero-order chi connectivity index (χ0) is 17.3. The number of fused-ring (bicyclic) bond motifs is 1. The molecule has 2 N–H and O–H groups in total. The van der Waals surface area contributed by atoms with Crippen LogP contribution in [0.5, 0.6) is 11.5 Å². The SMILES string of the molecule is O=S(=O)([O-])c1ccc(N=Cc2c(O)ccc3ccccc23)c(O)c1.[Cu]. The molecule has 0 bridgehead atoms. The van der Waals surface area contributed by atoms with Gasteiger partial charge in [0, 0.05) is 28.8 Å². The van der Waals surface area contributed by atoms with Crippen LogP contribution in [0.15, 0.2) is 64.5 Å². The predicted molar refractivity (Wildman–Crippen MR) is 88.9 cm³/mol. The van der Waals surface area contributed by atoms with Gasteiger partial charge < -0.3 is 14.8 Å². The Balaban J connectivity index is 0.00000225. The smallest absolute Gasteiger partial charge is 0.142 e. The van der Waals surface area contributed by atoms with Crippen molar-refractivity contribution >= 4 is 32.8 Å². The van der Waals surface area contributed by atoms with E-state index in [1.807, 2.05) is 24.3 Å². The third kappa shape index (κ3) is 4.00. The molecule has 25 heavy (non-hydrogen) atoms. The number of aromatic hydroxyl groups is 2. The molecule has 0 aliphatic rings. The molecule has 3 aromatic carbocycles. The molecular formula is C17H12CuNO5S-. The van der Waals surface area contributed by atoms with Gasteiger partial charge in [-0.3, -0.25) is 4.99 Å². The van der Waals surface area contributed by atoms with E-state index in [2.05, 4.69) is 4.99 Å². The van der Waals surface area contributed by atoms with E-state index in [1.165, 1.54) is 18.3 Å². The van der Waals surface area contributed by atoms with Crippen molar-refractivity contribution in [2.24, 2.45) is 4.99 Å². The van der Waals surface area contributed by atoms with Gasteiger partial charge in [0.2, 0.25) is 0 Å². The van der Waals surface area contributed by atoms with Crippen LogP contribution in [-0.2, 0) is 27.2 Å². The number of benzene rings is 3. The van der Waals surface area contributed by atoms with E-state index < -0.39 is 20.8 Å². The molecule has 1 radical (unpaired) electrons. The van der Waals surface area contributed by atoms with Crippen LogP contribution in [0.3, 0.4) is 0 Å². The molecule has 3 rings (SSSR count). The number of rotatable bonds is 3. The topological polar surface area (TPSA) is 110 Å². The molecule has 8 heteroatoms. The largest absolute Gasteiger partial charge is 0.744 e. The number of hydrogen-bond donors (Lipinski definition) is 2. The normalized spacial score (nSPS) is 11.6. The molecular weight excluding hydrogens is 394 g/mol. The molecule has 0 heterocycles. The van der Waals surface area contributed by atoms with E-state index in [0.717, 1.165) is 22.9 Å². The van der Waals surface area contributed by atoms with Gasteiger partial charge in [-0.05, 0) is 35.0 Å². The van der Waals surface area contributed by atoms with Crippen molar-refractivity contribution in [2.45, 2.75) is 4.90 Å². The molecule has 0 aromatic heterocycles. The third-order valence-electron chi connectivity index (χ3n) is 3.52. The van der Waals surface area contributed by atoms with E-state index in [0.29, 0.717) is 5.56 Å². The Bertz CT molecular complexity index is 1060. The van der Waals surface area contributed by atoms with Gasteiger partial charge in [0.05, 0.1) is 4.90 Å². The molecule has 133 valence electrons. The minimum Gasteiger partial charge on any atom is -0.744 e. The summed E-state index contributed by atoms with van der Waals surface area (Å²) in [6.45, 7) is 0. The first-order valence-electron chi connectivity index (χ1n) is 6.90. The number of hydrogen-bond acceptors (Lipinski definition) is 6. The summed E-state index contributed by atoms with van der Waals surface area (Å²) in [5.41, 5.74) is 0.544. The van der Waals surface area contributed by atoms with Gasteiger partial charge in [0.1, 0.15) is 27.3 Å². The molecule has 0 fully saturated rings. The van der Waals surface area contributed by atoms with E-state index in [1.54, 1.807) is 6.07 Å². The monoisotopic (exact) mass is 405 g/mol. The van der Waals surface area contributed by atoms with Crippen molar-refractivity contribution in [2.75, 3.05) is 0 Å². The molecule has 0 aliphatic carbocycles. The van der Waals surface area contributed by atoms with Gasteiger partial charge >= 0.3 is 0 Å². The Morgan fingerprint density at radius 1 is 0.960 bits per heavy atom. The molecule has 0 amide bonds. The Morgan fingerprint density at radius 3 is 2.36 bits per heavy atom. The number of phenolic OH excluding ortho intramolecular Hbond substituents is 2. The summed E-state index contributed by atoms with van der Waals surface area (Å²) in [6.07, 6.45) is 1.37. The summed E-state index contributed by atoms with van der Waals surface area (Å²) in [6, 6.07) is 13.8. The number of aliphatic imine (C=N–C) groups is 1. The van der Waals surface area contributed by atoms with Crippen molar-refractivity contribution in [1.29, 1.82) is 0 Å². The predicted octanol–water partition coefficient (Wildman–Crippen LogP) is 2.90. The molecule has 3 aromatic rings. The summed E-state index contributed by atoms with van der Waals surface area (Å²) < 4.78 is 32.8. The van der Waals surface area contributed by atoms with Crippen molar-refractivity contribution < 1.29 is 40.3 Å². The molecule has 0 saturated carbocycles. The molecule has 6 nitrogen and oxygen atoms in total. The molecule has 0 spiro atoms. The summed E-state index contributed by atoms with van der Waals surface area (Å²) in [7, 11) is -4.65. The van der Waals surface area contributed by atoms with Crippen LogP contribution in [0.1, 0.15) is 5.56 Å². The van der Waals surface area contributed by atoms with E-state index in [-0.39, 0.29) is 28.5 Å². The zero-order valence-electron chi connectivity index (χ0n) is 12.5. The average Bonchev–Trinajstić information content (AvgIpc) is 2.54.